The molecule has 138 valence electrons. The average molecular weight is 384 g/mol. The van der Waals surface area contributed by atoms with Crippen LogP contribution in [-0.4, -0.2) is 23.0 Å². The van der Waals surface area contributed by atoms with Gasteiger partial charge in [0.05, 0.1) is 12.1 Å². The van der Waals surface area contributed by atoms with Crippen molar-refractivity contribution < 1.29 is 9.53 Å². The molecule has 3 N–H and O–H groups in total. The van der Waals surface area contributed by atoms with Gasteiger partial charge >= 0.3 is 0 Å². The summed E-state index contributed by atoms with van der Waals surface area (Å²) in [4.78, 5) is 19.5. The number of methoxy groups -OCH3 is 1. The summed E-state index contributed by atoms with van der Waals surface area (Å²) in [5.74, 6) is 1.74. The van der Waals surface area contributed by atoms with Crippen molar-refractivity contribution in [2.45, 2.75) is 6.92 Å². The van der Waals surface area contributed by atoms with E-state index in [-0.39, 0.29) is 5.91 Å². The Labute approximate surface area is 161 Å². The standard InChI is InChI=1S/C19H18ClN5O2/c1-12(26)23-13-3-5-14(6-4-13)24-18-10-19(22-11-21-18)25-15-7-8-17(27-2)16(20)9-15/h3-11H,1-2H3,(H,23,26)(H2,21,22,24,25). The molecule has 0 aliphatic heterocycles. The van der Waals surface area contributed by atoms with Gasteiger partial charge in [-0.05, 0) is 42.5 Å². The lowest BCUT2D eigenvalue weighted by molar-refractivity contribution is -0.114. The van der Waals surface area contributed by atoms with Crippen LogP contribution in [0.5, 0.6) is 5.75 Å². The van der Waals surface area contributed by atoms with Gasteiger partial charge in [-0.2, -0.15) is 0 Å². The summed E-state index contributed by atoms with van der Waals surface area (Å²) in [5.41, 5.74) is 2.35. The van der Waals surface area contributed by atoms with Gasteiger partial charge in [-0.1, -0.05) is 11.6 Å². The predicted molar refractivity (Wildman–Crippen MR) is 107 cm³/mol. The molecule has 0 fully saturated rings. The van der Waals surface area contributed by atoms with Crippen molar-refractivity contribution in [1.82, 2.24) is 9.97 Å². The summed E-state index contributed by atoms with van der Waals surface area (Å²) in [5, 5.41) is 9.60. The van der Waals surface area contributed by atoms with Gasteiger partial charge in [0.25, 0.3) is 0 Å². The summed E-state index contributed by atoms with van der Waals surface area (Å²) in [6.07, 6.45) is 1.46. The van der Waals surface area contributed by atoms with Crippen molar-refractivity contribution in [2.75, 3.05) is 23.1 Å². The Bertz CT molecular complexity index is 947. The normalized spacial score (nSPS) is 10.2. The summed E-state index contributed by atoms with van der Waals surface area (Å²) in [6, 6.07) is 14.5. The molecule has 7 nitrogen and oxygen atoms in total. The topological polar surface area (TPSA) is 88.2 Å². The number of carbonyl (C=O) groups excluding carboxylic acids is 1. The Balaban J connectivity index is 1.70. The van der Waals surface area contributed by atoms with E-state index in [1.54, 1.807) is 25.3 Å². The zero-order valence-electron chi connectivity index (χ0n) is 14.8. The van der Waals surface area contributed by atoms with E-state index < -0.39 is 0 Å². The number of aromatic nitrogens is 2. The third-order valence-corrected chi connectivity index (χ3v) is 3.86. The molecular weight excluding hydrogens is 366 g/mol. The highest BCUT2D eigenvalue weighted by molar-refractivity contribution is 6.32. The second-order valence-electron chi connectivity index (χ2n) is 5.65. The Hall–Kier alpha value is -3.32. The quantitative estimate of drug-likeness (QED) is 0.577. The number of hydrogen-bond donors (Lipinski definition) is 3. The van der Waals surface area contributed by atoms with E-state index in [0.717, 1.165) is 17.1 Å². The monoisotopic (exact) mass is 383 g/mol. The molecule has 0 aliphatic carbocycles. The zero-order chi connectivity index (χ0) is 19.2. The minimum absolute atomic E-state index is 0.110. The number of amides is 1. The number of nitrogens with zero attached hydrogens (tertiary/aromatic N) is 2. The maximum absolute atomic E-state index is 11.1. The molecule has 1 amide bonds. The number of nitrogens with one attached hydrogen (secondary N) is 3. The first-order valence-electron chi connectivity index (χ1n) is 8.11. The number of carbonyl (C=O) groups is 1. The fourth-order valence-electron chi connectivity index (χ4n) is 2.37. The Morgan fingerprint density at radius 1 is 0.926 bits per heavy atom. The Morgan fingerprint density at radius 2 is 1.52 bits per heavy atom. The molecule has 0 unspecified atom stereocenters. The number of ether oxygens (including phenoxy) is 1. The van der Waals surface area contributed by atoms with Gasteiger partial charge in [-0.3, -0.25) is 4.79 Å². The van der Waals surface area contributed by atoms with E-state index in [0.29, 0.717) is 22.4 Å². The second kappa shape index (κ2) is 8.37. The number of hydrogen-bond acceptors (Lipinski definition) is 6. The van der Waals surface area contributed by atoms with Gasteiger partial charge in [0.1, 0.15) is 23.7 Å². The molecule has 0 spiro atoms. The zero-order valence-corrected chi connectivity index (χ0v) is 15.5. The summed E-state index contributed by atoms with van der Waals surface area (Å²) < 4.78 is 5.15. The van der Waals surface area contributed by atoms with E-state index in [2.05, 4.69) is 25.9 Å². The maximum atomic E-state index is 11.1. The van der Waals surface area contributed by atoms with Gasteiger partial charge in [0.15, 0.2) is 0 Å². The average Bonchev–Trinajstić information content (AvgIpc) is 2.63. The predicted octanol–water partition coefficient (Wildman–Crippen LogP) is 4.58. The molecule has 0 bridgehead atoms. The molecule has 0 atom stereocenters. The van der Waals surface area contributed by atoms with Crippen molar-refractivity contribution in [3.05, 3.63) is 59.9 Å². The Kier molecular flexibility index (Phi) is 5.73. The SMILES string of the molecule is COc1ccc(Nc2cc(Nc3ccc(NC(C)=O)cc3)ncn2)cc1Cl. The molecule has 0 saturated carbocycles. The summed E-state index contributed by atoms with van der Waals surface area (Å²) in [7, 11) is 1.57. The van der Waals surface area contributed by atoms with E-state index in [4.69, 9.17) is 16.3 Å². The molecule has 1 aromatic heterocycles. The molecule has 0 radical (unpaired) electrons. The minimum Gasteiger partial charge on any atom is -0.495 e. The van der Waals surface area contributed by atoms with Gasteiger partial charge in [-0.25, -0.2) is 9.97 Å². The first kappa shape index (κ1) is 18.5. The fourth-order valence-corrected chi connectivity index (χ4v) is 2.63. The van der Waals surface area contributed by atoms with Gasteiger partial charge in [0, 0.05) is 30.1 Å². The van der Waals surface area contributed by atoms with Crippen molar-refractivity contribution in [1.29, 1.82) is 0 Å². The summed E-state index contributed by atoms with van der Waals surface area (Å²) >= 11 is 6.14. The van der Waals surface area contributed by atoms with Crippen LogP contribution in [-0.2, 0) is 4.79 Å². The van der Waals surface area contributed by atoms with Crippen LogP contribution >= 0.6 is 11.6 Å². The van der Waals surface area contributed by atoms with Crippen LogP contribution in [0.25, 0.3) is 0 Å². The van der Waals surface area contributed by atoms with E-state index in [9.17, 15) is 4.79 Å². The molecule has 27 heavy (non-hydrogen) atoms. The van der Waals surface area contributed by atoms with Crippen molar-refractivity contribution in [3.63, 3.8) is 0 Å². The summed E-state index contributed by atoms with van der Waals surface area (Å²) in [6.45, 7) is 1.47. The molecule has 8 heteroatoms. The second-order valence-corrected chi connectivity index (χ2v) is 6.05. The smallest absolute Gasteiger partial charge is 0.221 e. The van der Waals surface area contributed by atoms with Crippen LogP contribution in [0.15, 0.2) is 54.9 Å². The molecule has 3 aromatic rings. The number of anilines is 5. The van der Waals surface area contributed by atoms with Gasteiger partial charge in [0.2, 0.25) is 5.91 Å². The number of rotatable bonds is 6. The molecule has 0 saturated heterocycles. The molecular formula is C19H18ClN5O2. The lowest BCUT2D eigenvalue weighted by atomic mass is 10.2. The fraction of sp³-hybridized carbons (Fsp3) is 0.105. The van der Waals surface area contributed by atoms with Crippen LogP contribution in [0.4, 0.5) is 28.7 Å². The van der Waals surface area contributed by atoms with Crippen molar-refractivity contribution in [2.24, 2.45) is 0 Å². The van der Waals surface area contributed by atoms with E-state index in [1.807, 2.05) is 30.3 Å². The lowest BCUT2D eigenvalue weighted by Gasteiger charge is -2.10. The highest BCUT2D eigenvalue weighted by atomic mass is 35.5. The highest BCUT2D eigenvalue weighted by Gasteiger charge is 2.05. The maximum Gasteiger partial charge on any atom is 0.221 e. The largest absolute Gasteiger partial charge is 0.495 e. The highest BCUT2D eigenvalue weighted by Crippen LogP contribution is 2.29. The molecule has 2 aromatic carbocycles. The van der Waals surface area contributed by atoms with Crippen LogP contribution in [0.1, 0.15) is 6.92 Å². The van der Waals surface area contributed by atoms with Gasteiger partial charge < -0.3 is 20.7 Å². The number of halogens is 1. The van der Waals surface area contributed by atoms with Gasteiger partial charge in [-0.15, -0.1) is 0 Å². The van der Waals surface area contributed by atoms with Crippen LogP contribution < -0.4 is 20.7 Å². The Morgan fingerprint density at radius 3 is 2.11 bits per heavy atom. The minimum atomic E-state index is -0.110. The van der Waals surface area contributed by atoms with E-state index in [1.165, 1.54) is 13.3 Å². The molecule has 0 aliphatic rings. The van der Waals surface area contributed by atoms with Crippen LogP contribution in [0.3, 0.4) is 0 Å². The van der Waals surface area contributed by atoms with Crippen molar-refractivity contribution in [3.8, 4) is 5.75 Å². The molecule has 1 heterocycles. The van der Waals surface area contributed by atoms with E-state index >= 15 is 0 Å². The van der Waals surface area contributed by atoms with Crippen LogP contribution in [0.2, 0.25) is 5.02 Å². The molecule has 3 rings (SSSR count). The number of benzene rings is 2. The third kappa shape index (κ3) is 5.08. The van der Waals surface area contributed by atoms with Crippen LogP contribution in [0, 0.1) is 0 Å². The third-order valence-electron chi connectivity index (χ3n) is 3.57. The lowest BCUT2D eigenvalue weighted by Crippen LogP contribution is -2.05. The van der Waals surface area contributed by atoms with Crippen molar-refractivity contribution >= 4 is 46.2 Å². The first-order chi connectivity index (χ1) is 13.0. The first-order valence-corrected chi connectivity index (χ1v) is 8.48.